The number of aliphatic hydroxyl groups is 1. The third kappa shape index (κ3) is 3.38. The highest BCUT2D eigenvalue weighted by Crippen LogP contribution is 2.47. The lowest BCUT2D eigenvalue weighted by atomic mass is 9.83. The molecule has 12 heteroatoms. The number of aromatic amines is 1. The van der Waals surface area contributed by atoms with Gasteiger partial charge < -0.3 is 15.3 Å². The molecular weight excluding hydrogens is 391 g/mol. The molecule has 2 aromatic heterocycles. The van der Waals surface area contributed by atoms with Crippen LogP contribution in [0.1, 0.15) is 41.6 Å². The highest BCUT2D eigenvalue weighted by Gasteiger charge is 2.53. The van der Waals surface area contributed by atoms with Gasteiger partial charge in [0.2, 0.25) is 0 Å². The molecule has 2 unspecified atom stereocenters. The number of anilines is 2. The summed E-state index contributed by atoms with van der Waals surface area (Å²) in [5.41, 5.74) is 0.291. The Bertz CT molecular complexity index is 959. The Labute approximate surface area is 162 Å². The smallest absolute Gasteiger partial charge is 0.382 e. The summed E-state index contributed by atoms with van der Waals surface area (Å²) in [6, 6.07) is 1.89. The van der Waals surface area contributed by atoms with Gasteiger partial charge in [-0.3, -0.25) is 9.89 Å². The first-order valence-electron chi connectivity index (χ1n) is 8.90. The van der Waals surface area contributed by atoms with Crippen molar-refractivity contribution in [3.05, 3.63) is 29.3 Å². The third-order valence-corrected chi connectivity index (χ3v) is 5.30. The van der Waals surface area contributed by atoms with E-state index in [1.165, 1.54) is 12.4 Å². The molecule has 3 N–H and O–H groups in total. The maximum atomic E-state index is 13.6. The number of aliphatic hydroxyl groups excluding tert-OH is 1. The summed E-state index contributed by atoms with van der Waals surface area (Å²) in [5, 5.41) is 27.4. The van der Waals surface area contributed by atoms with E-state index < -0.39 is 24.1 Å². The van der Waals surface area contributed by atoms with Gasteiger partial charge in [0, 0.05) is 30.3 Å². The number of piperidine rings is 1. The van der Waals surface area contributed by atoms with E-state index in [1.54, 1.807) is 0 Å². The number of hydrogen-bond donors (Lipinski definition) is 3. The lowest BCUT2D eigenvalue weighted by molar-refractivity contribution is -0.177. The Morgan fingerprint density at radius 2 is 1.97 bits per heavy atom. The molecule has 29 heavy (non-hydrogen) atoms. The maximum absolute atomic E-state index is 13.6. The van der Waals surface area contributed by atoms with Gasteiger partial charge in [-0.1, -0.05) is 0 Å². The average molecular weight is 407 g/mol. The van der Waals surface area contributed by atoms with Crippen LogP contribution in [0.2, 0.25) is 0 Å². The van der Waals surface area contributed by atoms with Crippen LogP contribution in [-0.4, -0.2) is 56.5 Å². The predicted molar refractivity (Wildman–Crippen MR) is 93.0 cm³/mol. The molecule has 1 fully saturated rings. The number of alkyl halides is 3. The number of H-pyrrole nitrogens is 1. The van der Waals surface area contributed by atoms with E-state index in [9.17, 15) is 23.1 Å². The number of halogens is 3. The second-order valence-corrected chi connectivity index (χ2v) is 6.99. The van der Waals surface area contributed by atoms with Crippen molar-refractivity contribution in [2.75, 3.05) is 23.3 Å². The molecular formula is C17H16F3N7O2. The summed E-state index contributed by atoms with van der Waals surface area (Å²) in [7, 11) is 0. The molecule has 1 amide bonds. The molecule has 0 radical (unpaired) electrons. The fraction of sp³-hybridized carbons (Fsp3) is 0.471. The minimum Gasteiger partial charge on any atom is -0.382 e. The number of aromatic nitrogens is 4. The topological polar surface area (TPSA) is 131 Å². The molecule has 2 aliphatic rings. The quantitative estimate of drug-likeness (QED) is 0.686. The number of carbonyl (C=O) groups is 1. The molecule has 0 saturated carbocycles. The Morgan fingerprint density at radius 1 is 1.24 bits per heavy atom. The van der Waals surface area contributed by atoms with Crippen molar-refractivity contribution in [2.45, 2.75) is 37.0 Å². The van der Waals surface area contributed by atoms with E-state index in [0.717, 1.165) is 0 Å². The molecule has 0 aromatic carbocycles. The second-order valence-electron chi connectivity index (χ2n) is 6.99. The van der Waals surface area contributed by atoms with Crippen LogP contribution in [0.3, 0.4) is 0 Å². The first-order valence-corrected chi connectivity index (χ1v) is 8.90. The second kappa shape index (κ2) is 7.00. The molecule has 0 aliphatic carbocycles. The Morgan fingerprint density at radius 3 is 2.55 bits per heavy atom. The molecule has 2 aromatic rings. The van der Waals surface area contributed by atoms with E-state index in [2.05, 4.69) is 25.5 Å². The van der Waals surface area contributed by atoms with Crippen molar-refractivity contribution in [3.8, 4) is 6.07 Å². The summed E-state index contributed by atoms with van der Waals surface area (Å²) in [6.07, 6.45) is -3.11. The van der Waals surface area contributed by atoms with E-state index in [4.69, 9.17) is 5.26 Å². The van der Waals surface area contributed by atoms with Gasteiger partial charge in [-0.2, -0.15) is 23.5 Å². The van der Waals surface area contributed by atoms with Gasteiger partial charge >= 0.3 is 6.18 Å². The van der Waals surface area contributed by atoms with E-state index in [-0.39, 0.29) is 28.7 Å². The Balaban J connectivity index is 1.56. The van der Waals surface area contributed by atoms with Crippen LogP contribution in [0.25, 0.3) is 0 Å². The summed E-state index contributed by atoms with van der Waals surface area (Å²) >= 11 is 0. The van der Waals surface area contributed by atoms with Crippen LogP contribution in [0, 0.1) is 11.3 Å². The van der Waals surface area contributed by atoms with Gasteiger partial charge in [0.05, 0.1) is 12.4 Å². The minimum absolute atomic E-state index is 0.182. The lowest BCUT2D eigenvalue weighted by Gasteiger charge is -2.34. The van der Waals surface area contributed by atoms with Crippen molar-refractivity contribution >= 4 is 17.5 Å². The Kier molecular flexibility index (Phi) is 4.62. The zero-order valence-electron chi connectivity index (χ0n) is 14.9. The highest BCUT2D eigenvalue weighted by atomic mass is 19.4. The van der Waals surface area contributed by atoms with Crippen LogP contribution in [0.5, 0.6) is 0 Å². The van der Waals surface area contributed by atoms with Crippen LogP contribution < -0.4 is 10.2 Å². The third-order valence-electron chi connectivity index (χ3n) is 5.30. The molecule has 1 saturated heterocycles. The summed E-state index contributed by atoms with van der Waals surface area (Å²) in [6.45, 7) is 1.04. The number of carbonyl (C=O) groups excluding carboxylic acids is 1. The minimum atomic E-state index is -4.79. The van der Waals surface area contributed by atoms with E-state index in [0.29, 0.717) is 31.7 Å². The standard InChI is InChI=1S/C17H16F3N7O2/c18-17(19,20)12-11-13(25-26-15(11)24-16(29)14(12)28)8-1-3-27(4-2-8)10-7-22-9(5-21)6-23-10/h6-8,12,14,28H,1-4H2,(H2,24,25,26,29). The van der Waals surface area contributed by atoms with Gasteiger partial charge in [-0.05, 0) is 12.8 Å². The molecule has 0 bridgehead atoms. The SMILES string of the molecule is N#Cc1cnc(N2CCC(c3[nH]nc4c3C(C(F)(F)F)C(O)C(=O)N4)CC2)cn1. The number of nitriles is 1. The van der Waals surface area contributed by atoms with E-state index >= 15 is 0 Å². The first kappa shape index (κ1) is 19.1. The van der Waals surface area contributed by atoms with Crippen molar-refractivity contribution in [3.63, 3.8) is 0 Å². The zero-order valence-corrected chi connectivity index (χ0v) is 14.9. The van der Waals surface area contributed by atoms with Crippen LogP contribution >= 0.6 is 0 Å². The van der Waals surface area contributed by atoms with Gasteiger partial charge in [0.15, 0.2) is 11.5 Å². The van der Waals surface area contributed by atoms with Crippen LogP contribution in [-0.2, 0) is 4.79 Å². The molecule has 4 rings (SSSR count). The van der Waals surface area contributed by atoms with Gasteiger partial charge in [0.1, 0.15) is 23.9 Å². The average Bonchev–Trinajstić information content (AvgIpc) is 3.11. The molecule has 2 aliphatic heterocycles. The number of nitrogens with one attached hydrogen (secondary N) is 2. The molecule has 4 heterocycles. The van der Waals surface area contributed by atoms with Gasteiger partial charge in [-0.15, -0.1) is 0 Å². The van der Waals surface area contributed by atoms with Gasteiger partial charge in [-0.25, -0.2) is 9.97 Å². The summed E-state index contributed by atoms with van der Waals surface area (Å²) in [4.78, 5) is 21.8. The van der Waals surface area contributed by atoms with Gasteiger partial charge in [0.25, 0.3) is 5.91 Å². The molecule has 2 atom stereocenters. The molecule has 152 valence electrons. The van der Waals surface area contributed by atoms with Crippen molar-refractivity contribution in [1.29, 1.82) is 5.26 Å². The normalized spacial score (nSPS) is 22.7. The number of nitrogens with zero attached hydrogens (tertiary/aromatic N) is 5. The predicted octanol–water partition coefficient (Wildman–Crippen LogP) is 1.41. The first-order chi connectivity index (χ1) is 13.8. The number of hydrogen-bond acceptors (Lipinski definition) is 7. The zero-order chi connectivity index (χ0) is 20.8. The van der Waals surface area contributed by atoms with Crippen LogP contribution in [0.4, 0.5) is 24.8 Å². The number of amides is 1. The Hall–Kier alpha value is -3.20. The largest absolute Gasteiger partial charge is 0.398 e. The molecule has 9 nitrogen and oxygen atoms in total. The monoisotopic (exact) mass is 407 g/mol. The van der Waals surface area contributed by atoms with Crippen LogP contribution in [0.15, 0.2) is 12.4 Å². The van der Waals surface area contributed by atoms with Crippen molar-refractivity contribution < 1.29 is 23.1 Å². The fourth-order valence-electron chi connectivity index (χ4n) is 3.87. The summed E-state index contributed by atoms with van der Waals surface area (Å²) in [5.74, 6) is -3.28. The lowest BCUT2D eigenvalue weighted by Crippen LogP contribution is -2.44. The maximum Gasteiger partial charge on any atom is 0.398 e. The molecule has 0 spiro atoms. The number of fused-ring (bicyclic) bond motifs is 1. The van der Waals surface area contributed by atoms with Crippen molar-refractivity contribution in [2.24, 2.45) is 0 Å². The highest BCUT2D eigenvalue weighted by molar-refractivity contribution is 5.97. The summed E-state index contributed by atoms with van der Waals surface area (Å²) < 4.78 is 40.8. The number of rotatable bonds is 2. The fourth-order valence-corrected chi connectivity index (χ4v) is 3.87. The van der Waals surface area contributed by atoms with E-state index in [1.807, 2.05) is 11.0 Å². The van der Waals surface area contributed by atoms with Crippen molar-refractivity contribution in [1.82, 2.24) is 20.2 Å².